The van der Waals surface area contributed by atoms with Crippen molar-refractivity contribution in [1.29, 1.82) is 0 Å². The highest BCUT2D eigenvalue weighted by atomic mass is 19.1. The normalized spacial score (nSPS) is 30.7. The summed E-state index contributed by atoms with van der Waals surface area (Å²) in [6.45, 7) is 0.884. The average molecular weight is 261 g/mol. The first-order valence-electron chi connectivity index (χ1n) is 7.67. The smallest absolute Gasteiger partial charge is 0.126 e. The van der Waals surface area contributed by atoms with Gasteiger partial charge in [-0.25, -0.2) is 4.39 Å². The zero-order valence-electron chi connectivity index (χ0n) is 11.7. The van der Waals surface area contributed by atoms with Gasteiger partial charge in [0.25, 0.3) is 0 Å². The molecule has 1 N–H and O–H groups in total. The molecule has 0 aromatic heterocycles. The third-order valence-electron chi connectivity index (χ3n) is 5.27. The predicted molar refractivity (Wildman–Crippen MR) is 76.6 cm³/mol. The molecule has 2 saturated carbocycles. The molecule has 0 heterocycles. The maximum Gasteiger partial charge on any atom is 0.126 e. The lowest BCUT2D eigenvalue weighted by Gasteiger charge is -2.27. The van der Waals surface area contributed by atoms with Crippen LogP contribution in [0.4, 0.5) is 4.39 Å². The molecule has 0 aliphatic heterocycles. The van der Waals surface area contributed by atoms with Gasteiger partial charge in [0.05, 0.1) is 0 Å². The Morgan fingerprint density at radius 1 is 1.26 bits per heavy atom. The summed E-state index contributed by atoms with van der Waals surface area (Å²) in [5.74, 6) is 3.03. The molecule has 3 rings (SSSR count). The zero-order chi connectivity index (χ0) is 13.2. The number of likely N-dealkylation sites (N-methyl/N-ethyl adjacent to an activating group) is 1. The van der Waals surface area contributed by atoms with E-state index in [9.17, 15) is 4.39 Å². The topological polar surface area (TPSA) is 12.0 Å². The highest BCUT2D eigenvalue weighted by Gasteiger charge is 2.40. The summed E-state index contributed by atoms with van der Waals surface area (Å²) in [5.41, 5.74) is 0.902. The van der Waals surface area contributed by atoms with Crippen LogP contribution in [0.1, 0.15) is 43.6 Å². The Labute approximate surface area is 115 Å². The maximum atomic E-state index is 14.0. The summed E-state index contributed by atoms with van der Waals surface area (Å²) in [7, 11) is 1.97. The van der Waals surface area contributed by atoms with Gasteiger partial charge in [-0.05, 0) is 68.0 Å². The van der Waals surface area contributed by atoms with Gasteiger partial charge in [-0.1, -0.05) is 24.6 Å². The van der Waals surface area contributed by atoms with Crippen LogP contribution in [0, 0.1) is 23.6 Å². The fourth-order valence-corrected chi connectivity index (χ4v) is 4.40. The molecule has 2 fully saturated rings. The van der Waals surface area contributed by atoms with Gasteiger partial charge in [0.1, 0.15) is 5.82 Å². The van der Waals surface area contributed by atoms with Crippen LogP contribution in [0.5, 0.6) is 0 Å². The van der Waals surface area contributed by atoms with Crippen LogP contribution in [-0.2, 0) is 0 Å². The van der Waals surface area contributed by atoms with Crippen molar-refractivity contribution in [3.63, 3.8) is 0 Å². The summed E-state index contributed by atoms with van der Waals surface area (Å²) in [6.07, 6.45) is 6.84. The molecule has 0 saturated heterocycles. The van der Waals surface area contributed by atoms with E-state index in [0.717, 1.165) is 36.3 Å². The Bertz CT molecular complexity index is 431. The van der Waals surface area contributed by atoms with Crippen molar-refractivity contribution >= 4 is 0 Å². The Balaban J connectivity index is 1.73. The van der Waals surface area contributed by atoms with E-state index in [0.29, 0.717) is 5.92 Å². The molecule has 1 aromatic carbocycles. The molecule has 4 atom stereocenters. The Kier molecular flexibility index (Phi) is 3.88. The molecule has 2 bridgehead atoms. The fraction of sp³-hybridized carbons (Fsp3) is 0.647. The van der Waals surface area contributed by atoms with Crippen LogP contribution in [0.2, 0.25) is 0 Å². The van der Waals surface area contributed by atoms with E-state index in [1.54, 1.807) is 12.1 Å². The van der Waals surface area contributed by atoms with Gasteiger partial charge in [-0.3, -0.25) is 0 Å². The second-order valence-electron chi connectivity index (χ2n) is 6.45. The molecule has 4 unspecified atom stereocenters. The summed E-state index contributed by atoms with van der Waals surface area (Å²) in [6, 6.07) is 7.30. The van der Waals surface area contributed by atoms with E-state index in [1.165, 1.54) is 25.7 Å². The van der Waals surface area contributed by atoms with Gasteiger partial charge in [0, 0.05) is 6.54 Å². The molecule has 0 spiro atoms. The third-order valence-corrected chi connectivity index (χ3v) is 5.27. The molecule has 2 aliphatic rings. The lowest BCUT2D eigenvalue weighted by Crippen LogP contribution is -2.23. The van der Waals surface area contributed by atoms with E-state index >= 15 is 0 Å². The van der Waals surface area contributed by atoms with E-state index in [4.69, 9.17) is 0 Å². The van der Waals surface area contributed by atoms with Crippen molar-refractivity contribution in [2.24, 2.45) is 17.8 Å². The van der Waals surface area contributed by atoms with Crippen LogP contribution in [0.15, 0.2) is 24.3 Å². The first kappa shape index (κ1) is 13.1. The van der Waals surface area contributed by atoms with Crippen molar-refractivity contribution < 1.29 is 4.39 Å². The first-order chi connectivity index (χ1) is 9.28. The van der Waals surface area contributed by atoms with E-state index < -0.39 is 0 Å². The number of rotatable bonds is 5. The molecular formula is C17H24FN. The van der Waals surface area contributed by atoms with Gasteiger partial charge in [0.15, 0.2) is 0 Å². The first-order valence-corrected chi connectivity index (χ1v) is 7.67. The van der Waals surface area contributed by atoms with Crippen molar-refractivity contribution in [2.75, 3.05) is 13.6 Å². The van der Waals surface area contributed by atoms with Crippen LogP contribution in [0.25, 0.3) is 0 Å². The number of fused-ring (bicyclic) bond motifs is 2. The summed E-state index contributed by atoms with van der Waals surface area (Å²) >= 11 is 0. The number of hydrogen-bond donors (Lipinski definition) is 1. The predicted octanol–water partition coefficient (Wildman–Crippen LogP) is 3.96. The quantitative estimate of drug-likeness (QED) is 0.846. The summed E-state index contributed by atoms with van der Waals surface area (Å²) in [4.78, 5) is 0. The standard InChI is InChI=1S/C17H24FN/c1-19-11-15(16-4-2-3-5-17(16)18)10-14-9-12-6-7-13(14)8-12/h2-5,12-15,19H,6-11H2,1H3. The second-order valence-corrected chi connectivity index (χ2v) is 6.45. The molecule has 2 aliphatic carbocycles. The van der Waals surface area contributed by atoms with Crippen molar-refractivity contribution in [1.82, 2.24) is 5.32 Å². The molecule has 1 nitrogen and oxygen atoms in total. The van der Waals surface area contributed by atoms with Gasteiger partial charge in [-0.15, -0.1) is 0 Å². The molecule has 1 aromatic rings. The largest absolute Gasteiger partial charge is 0.319 e. The third kappa shape index (κ3) is 2.69. The Morgan fingerprint density at radius 2 is 2.11 bits per heavy atom. The molecule has 104 valence electrons. The number of halogens is 1. The summed E-state index contributed by atoms with van der Waals surface area (Å²) < 4.78 is 14.0. The Hall–Kier alpha value is -0.890. The van der Waals surface area contributed by atoms with Crippen LogP contribution in [-0.4, -0.2) is 13.6 Å². The number of hydrogen-bond acceptors (Lipinski definition) is 1. The van der Waals surface area contributed by atoms with Crippen LogP contribution >= 0.6 is 0 Å². The lowest BCUT2D eigenvalue weighted by atomic mass is 9.80. The van der Waals surface area contributed by atoms with E-state index in [2.05, 4.69) is 5.32 Å². The minimum Gasteiger partial charge on any atom is -0.319 e. The van der Waals surface area contributed by atoms with Crippen LogP contribution in [0.3, 0.4) is 0 Å². The highest BCUT2D eigenvalue weighted by molar-refractivity contribution is 5.22. The van der Waals surface area contributed by atoms with Gasteiger partial charge in [0.2, 0.25) is 0 Å². The number of benzene rings is 1. The fourth-order valence-electron chi connectivity index (χ4n) is 4.40. The highest BCUT2D eigenvalue weighted by Crippen LogP contribution is 2.51. The van der Waals surface area contributed by atoms with Gasteiger partial charge < -0.3 is 5.32 Å². The minimum atomic E-state index is -0.0362. The molecule has 2 heteroatoms. The van der Waals surface area contributed by atoms with Crippen LogP contribution < -0.4 is 5.32 Å². The van der Waals surface area contributed by atoms with Crippen molar-refractivity contribution in [3.05, 3.63) is 35.6 Å². The average Bonchev–Trinajstić information content (AvgIpc) is 3.01. The van der Waals surface area contributed by atoms with E-state index in [-0.39, 0.29) is 5.82 Å². The van der Waals surface area contributed by atoms with Gasteiger partial charge >= 0.3 is 0 Å². The molecule has 0 radical (unpaired) electrons. The van der Waals surface area contributed by atoms with Gasteiger partial charge in [-0.2, -0.15) is 0 Å². The molecule has 19 heavy (non-hydrogen) atoms. The summed E-state index contributed by atoms with van der Waals surface area (Å²) in [5, 5.41) is 3.24. The van der Waals surface area contributed by atoms with E-state index in [1.807, 2.05) is 19.2 Å². The SMILES string of the molecule is CNCC(CC1CC2CCC1C2)c1ccccc1F. The second kappa shape index (κ2) is 5.62. The maximum absolute atomic E-state index is 14.0. The van der Waals surface area contributed by atoms with Crippen molar-refractivity contribution in [2.45, 2.75) is 38.0 Å². The number of nitrogens with one attached hydrogen (secondary N) is 1. The Morgan fingerprint density at radius 3 is 2.74 bits per heavy atom. The minimum absolute atomic E-state index is 0.0362. The molecule has 0 amide bonds. The monoisotopic (exact) mass is 261 g/mol. The van der Waals surface area contributed by atoms with Crippen molar-refractivity contribution in [3.8, 4) is 0 Å². The zero-order valence-corrected chi connectivity index (χ0v) is 11.7. The molecular weight excluding hydrogens is 237 g/mol. The lowest BCUT2D eigenvalue weighted by molar-refractivity contribution is 0.290.